The van der Waals surface area contributed by atoms with Crippen LogP contribution in [0.5, 0.6) is 0 Å². The van der Waals surface area contributed by atoms with E-state index in [-0.39, 0.29) is 0 Å². The minimum Gasteiger partial charge on any atom is -0.389 e. The molecule has 76 valence electrons. The van der Waals surface area contributed by atoms with Gasteiger partial charge in [0.1, 0.15) is 10.00 Å². The van der Waals surface area contributed by atoms with Gasteiger partial charge in [0.15, 0.2) is 0 Å². The highest BCUT2D eigenvalue weighted by Gasteiger charge is 2.05. The van der Waals surface area contributed by atoms with Crippen molar-refractivity contribution in [3.63, 3.8) is 0 Å². The largest absolute Gasteiger partial charge is 0.389 e. The van der Waals surface area contributed by atoms with E-state index in [1.165, 1.54) is 16.9 Å². The number of thiocarbonyl (C=S) groups is 1. The van der Waals surface area contributed by atoms with Gasteiger partial charge in [0.25, 0.3) is 0 Å². The van der Waals surface area contributed by atoms with Crippen LogP contribution < -0.4 is 5.73 Å². The Morgan fingerprint density at radius 3 is 2.87 bits per heavy atom. The normalized spacial score (nSPS) is 10.2. The zero-order chi connectivity index (χ0) is 10.8. The van der Waals surface area contributed by atoms with Crippen LogP contribution in [0, 0.1) is 6.92 Å². The van der Waals surface area contributed by atoms with E-state index < -0.39 is 0 Å². The predicted octanol–water partition coefficient (Wildman–Crippen LogP) is 2.75. The van der Waals surface area contributed by atoms with Gasteiger partial charge in [-0.2, -0.15) is 0 Å². The third-order valence-corrected chi connectivity index (χ3v) is 3.44. The van der Waals surface area contributed by atoms with Crippen molar-refractivity contribution in [3.8, 4) is 10.6 Å². The Kier molecular flexibility index (Phi) is 2.79. The van der Waals surface area contributed by atoms with Crippen molar-refractivity contribution in [2.45, 2.75) is 6.92 Å². The molecule has 0 saturated carbocycles. The summed E-state index contributed by atoms with van der Waals surface area (Å²) in [5.41, 5.74) is 7.87. The summed E-state index contributed by atoms with van der Waals surface area (Å²) >= 11 is 6.42. The Morgan fingerprint density at radius 2 is 2.27 bits per heavy atom. The zero-order valence-corrected chi connectivity index (χ0v) is 9.86. The van der Waals surface area contributed by atoms with Crippen molar-refractivity contribution in [1.29, 1.82) is 0 Å². The Morgan fingerprint density at radius 1 is 1.47 bits per heavy atom. The van der Waals surface area contributed by atoms with Gasteiger partial charge in [0.2, 0.25) is 0 Å². The van der Waals surface area contributed by atoms with Crippen LogP contribution in [-0.2, 0) is 0 Å². The summed E-state index contributed by atoms with van der Waals surface area (Å²) in [5, 5.41) is 0.960. The molecule has 0 fully saturated rings. The van der Waals surface area contributed by atoms with Gasteiger partial charge in [-0.3, -0.25) is 0 Å². The molecule has 0 bridgehead atoms. The van der Waals surface area contributed by atoms with Crippen LogP contribution in [0.4, 0.5) is 0 Å². The van der Waals surface area contributed by atoms with Gasteiger partial charge in [-0.1, -0.05) is 36.0 Å². The van der Waals surface area contributed by atoms with E-state index in [0.717, 1.165) is 15.4 Å². The van der Waals surface area contributed by atoms with Gasteiger partial charge in [0, 0.05) is 11.8 Å². The second-order valence-corrected chi connectivity index (χ2v) is 4.73. The molecular formula is C11H10N2S2. The fraction of sp³-hybridized carbons (Fsp3) is 0.0909. The topological polar surface area (TPSA) is 38.9 Å². The lowest BCUT2D eigenvalue weighted by Crippen LogP contribution is -2.06. The van der Waals surface area contributed by atoms with E-state index >= 15 is 0 Å². The lowest BCUT2D eigenvalue weighted by molar-refractivity contribution is 1.39. The number of thiazole rings is 1. The number of hydrogen-bond donors (Lipinski definition) is 1. The SMILES string of the molecule is Cc1cccc(-c2ncc(C(N)=S)s2)c1. The summed E-state index contributed by atoms with van der Waals surface area (Å²) in [4.78, 5) is 5.57. The summed E-state index contributed by atoms with van der Waals surface area (Å²) in [6.45, 7) is 2.06. The maximum absolute atomic E-state index is 5.54. The molecule has 0 aliphatic carbocycles. The van der Waals surface area contributed by atoms with E-state index in [9.17, 15) is 0 Å². The van der Waals surface area contributed by atoms with Crippen molar-refractivity contribution in [3.05, 3.63) is 40.9 Å². The summed E-state index contributed by atoms with van der Waals surface area (Å²) in [5.74, 6) is 0. The van der Waals surface area contributed by atoms with Gasteiger partial charge >= 0.3 is 0 Å². The highest BCUT2D eigenvalue weighted by molar-refractivity contribution is 7.81. The minimum absolute atomic E-state index is 0.409. The average molecular weight is 234 g/mol. The fourth-order valence-electron chi connectivity index (χ4n) is 1.30. The first-order valence-electron chi connectivity index (χ1n) is 4.49. The Hall–Kier alpha value is -1.26. The molecular weight excluding hydrogens is 224 g/mol. The quantitative estimate of drug-likeness (QED) is 0.812. The van der Waals surface area contributed by atoms with E-state index in [1.54, 1.807) is 6.20 Å². The van der Waals surface area contributed by atoms with E-state index in [2.05, 4.69) is 24.0 Å². The number of nitrogens with zero attached hydrogens (tertiary/aromatic N) is 1. The number of hydrogen-bond acceptors (Lipinski definition) is 3. The number of aromatic nitrogens is 1. The molecule has 1 heterocycles. The molecule has 0 amide bonds. The highest BCUT2D eigenvalue weighted by Crippen LogP contribution is 2.25. The molecule has 0 aliphatic heterocycles. The van der Waals surface area contributed by atoms with Gasteiger partial charge in [0.05, 0.1) is 4.88 Å². The first-order valence-corrected chi connectivity index (χ1v) is 5.72. The van der Waals surface area contributed by atoms with E-state index in [4.69, 9.17) is 18.0 Å². The number of benzene rings is 1. The van der Waals surface area contributed by atoms with Crippen LogP contribution in [0.1, 0.15) is 10.4 Å². The van der Waals surface area contributed by atoms with Crippen molar-refractivity contribution < 1.29 is 0 Å². The van der Waals surface area contributed by atoms with Gasteiger partial charge in [-0.25, -0.2) is 4.98 Å². The van der Waals surface area contributed by atoms with E-state index in [0.29, 0.717) is 4.99 Å². The van der Waals surface area contributed by atoms with Gasteiger partial charge in [-0.05, 0) is 13.0 Å². The second-order valence-electron chi connectivity index (χ2n) is 3.26. The Balaban J connectivity index is 2.41. The molecule has 2 rings (SSSR count). The monoisotopic (exact) mass is 234 g/mol. The maximum atomic E-state index is 5.54. The number of aryl methyl sites for hydroxylation is 1. The molecule has 15 heavy (non-hydrogen) atoms. The molecule has 2 nitrogen and oxygen atoms in total. The molecule has 0 radical (unpaired) electrons. The molecule has 4 heteroatoms. The zero-order valence-electron chi connectivity index (χ0n) is 8.23. The standard InChI is InChI=1S/C11H10N2S2/c1-7-3-2-4-8(5-7)11-13-6-9(15-11)10(12)14/h2-6H,1H3,(H2,12,14). The number of rotatable bonds is 2. The first kappa shape index (κ1) is 10.3. The average Bonchev–Trinajstić information content (AvgIpc) is 2.66. The highest BCUT2D eigenvalue weighted by atomic mass is 32.1. The third-order valence-electron chi connectivity index (χ3n) is 2.01. The number of nitrogens with two attached hydrogens (primary N) is 1. The van der Waals surface area contributed by atoms with Crippen molar-refractivity contribution in [2.75, 3.05) is 0 Å². The summed E-state index contributed by atoms with van der Waals surface area (Å²) < 4.78 is 0. The Bertz CT molecular complexity index is 503. The van der Waals surface area contributed by atoms with Gasteiger partial charge < -0.3 is 5.73 Å². The Labute approximate surface area is 97.8 Å². The molecule has 2 N–H and O–H groups in total. The molecule has 1 aromatic heterocycles. The molecule has 0 saturated heterocycles. The third kappa shape index (κ3) is 2.22. The van der Waals surface area contributed by atoms with Crippen molar-refractivity contribution >= 4 is 28.5 Å². The van der Waals surface area contributed by atoms with E-state index in [1.807, 2.05) is 12.1 Å². The molecule has 0 aliphatic rings. The molecule has 1 aromatic carbocycles. The summed E-state index contributed by atoms with van der Waals surface area (Å²) in [6.07, 6.45) is 1.73. The summed E-state index contributed by atoms with van der Waals surface area (Å²) in [7, 11) is 0. The minimum atomic E-state index is 0.409. The predicted molar refractivity (Wildman–Crippen MR) is 68.2 cm³/mol. The maximum Gasteiger partial charge on any atom is 0.123 e. The molecule has 0 atom stereocenters. The van der Waals surface area contributed by atoms with Crippen LogP contribution in [0.3, 0.4) is 0 Å². The van der Waals surface area contributed by atoms with Crippen LogP contribution >= 0.6 is 23.6 Å². The van der Waals surface area contributed by atoms with Crippen LogP contribution in [0.2, 0.25) is 0 Å². The van der Waals surface area contributed by atoms with Crippen LogP contribution in [0.25, 0.3) is 10.6 Å². The lowest BCUT2D eigenvalue weighted by atomic mass is 10.1. The van der Waals surface area contributed by atoms with Crippen LogP contribution in [-0.4, -0.2) is 9.97 Å². The smallest absolute Gasteiger partial charge is 0.123 e. The van der Waals surface area contributed by atoms with Crippen molar-refractivity contribution in [1.82, 2.24) is 4.98 Å². The molecule has 0 spiro atoms. The second kappa shape index (κ2) is 4.08. The fourth-order valence-corrected chi connectivity index (χ4v) is 2.24. The first-order chi connectivity index (χ1) is 7.16. The molecule has 0 unspecified atom stereocenters. The van der Waals surface area contributed by atoms with Crippen molar-refractivity contribution in [2.24, 2.45) is 5.73 Å². The lowest BCUT2D eigenvalue weighted by Gasteiger charge is -1.96. The van der Waals surface area contributed by atoms with Crippen LogP contribution in [0.15, 0.2) is 30.5 Å². The summed E-state index contributed by atoms with van der Waals surface area (Å²) in [6, 6.07) is 8.22. The van der Waals surface area contributed by atoms with Gasteiger partial charge in [-0.15, -0.1) is 11.3 Å². The molecule has 2 aromatic rings.